The van der Waals surface area contributed by atoms with Crippen LogP contribution in [-0.2, 0) is 4.74 Å². The Morgan fingerprint density at radius 3 is 2.42 bits per heavy atom. The van der Waals surface area contributed by atoms with E-state index in [9.17, 15) is 4.79 Å². The van der Waals surface area contributed by atoms with Crippen molar-refractivity contribution in [2.75, 3.05) is 26.2 Å². The van der Waals surface area contributed by atoms with Crippen molar-refractivity contribution in [1.29, 1.82) is 0 Å². The van der Waals surface area contributed by atoms with E-state index in [0.29, 0.717) is 18.6 Å². The molecule has 1 aromatic carbocycles. The van der Waals surface area contributed by atoms with Gasteiger partial charge in [-0.2, -0.15) is 0 Å². The number of carbonyl (C=O) groups excluding carboxylic acids is 1. The van der Waals surface area contributed by atoms with E-state index in [2.05, 4.69) is 30.3 Å². The molecule has 4 rings (SSSR count). The fraction of sp³-hybridized carbons (Fsp3) is 0.667. The lowest BCUT2D eigenvalue weighted by Crippen LogP contribution is -2.54. The third-order valence-corrected chi connectivity index (χ3v) is 6.42. The van der Waals surface area contributed by atoms with Gasteiger partial charge in [0.05, 0.1) is 18.8 Å². The molecule has 2 N–H and O–H groups in total. The lowest BCUT2D eigenvalue weighted by Gasteiger charge is -2.38. The third-order valence-electron chi connectivity index (χ3n) is 6.42. The zero-order chi connectivity index (χ0) is 17.9. The standard InChI is InChI=1S/C21H31N3O2/c22-19-11-14-24(21(25)23-12-4-13-23)20(19)15-26-18-9-7-17(8-10-18)16-5-2-1-3-6-16/h1-3,5-6,17-20H,4,7-15,22H2. The Morgan fingerprint density at radius 1 is 1.04 bits per heavy atom. The quantitative estimate of drug-likeness (QED) is 0.901. The Labute approximate surface area is 156 Å². The molecular formula is C21H31N3O2. The fourth-order valence-corrected chi connectivity index (χ4v) is 4.54. The van der Waals surface area contributed by atoms with Gasteiger partial charge in [0.1, 0.15) is 0 Å². The van der Waals surface area contributed by atoms with E-state index in [1.54, 1.807) is 0 Å². The topological polar surface area (TPSA) is 58.8 Å². The molecule has 3 fully saturated rings. The Hall–Kier alpha value is -1.59. The van der Waals surface area contributed by atoms with Gasteiger partial charge >= 0.3 is 6.03 Å². The second-order valence-corrected chi connectivity index (χ2v) is 8.05. The Morgan fingerprint density at radius 2 is 1.77 bits per heavy atom. The predicted octanol–water partition coefficient (Wildman–Crippen LogP) is 2.96. The number of ether oxygens (including phenoxy) is 1. The Balaban J connectivity index is 1.26. The number of hydrogen-bond acceptors (Lipinski definition) is 3. The summed E-state index contributed by atoms with van der Waals surface area (Å²) < 4.78 is 6.24. The molecule has 3 aliphatic rings. The Bertz CT molecular complexity index is 597. The smallest absolute Gasteiger partial charge is 0.320 e. The van der Waals surface area contributed by atoms with E-state index in [1.165, 1.54) is 18.4 Å². The fourth-order valence-electron chi connectivity index (χ4n) is 4.54. The highest BCUT2D eigenvalue weighted by Gasteiger charge is 2.38. The SMILES string of the molecule is NC1CCN(C(=O)N2CCC2)C1COC1CCC(c2ccccc2)CC1. The number of carbonyl (C=O) groups is 1. The molecule has 5 heteroatoms. The van der Waals surface area contributed by atoms with E-state index < -0.39 is 0 Å². The van der Waals surface area contributed by atoms with Gasteiger partial charge in [0.25, 0.3) is 0 Å². The van der Waals surface area contributed by atoms with E-state index >= 15 is 0 Å². The highest BCUT2D eigenvalue weighted by atomic mass is 16.5. The molecular weight excluding hydrogens is 326 g/mol. The molecule has 0 aromatic heterocycles. The first-order valence-electron chi connectivity index (χ1n) is 10.2. The lowest BCUT2D eigenvalue weighted by molar-refractivity contribution is -0.00331. The summed E-state index contributed by atoms with van der Waals surface area (Å²) in [6, 6.07) is 11.1. The van der Waals surface area contributed by atoms with Gasteiger partial charge in [0.2, 0.25) is 0 Å². The number of nitrogens with two attached hydrogens (primary N) is 1. The minimum absolute atomic E-state index is 0.0370. The average molecular weight is 357 g/mol. The number of likely N-dealkylation sites (tertiary alicyclic amines) is 2. The molecule has 1 aliphatic carbocycles. The number of rotatable bonds is 4. The molecule has 2 heterocycles. The van der Waals surface area contributed by atoms with Crippen LogP contribution in [0.15, 0.2) is 30.3 Å². The van der Waals surface area contributed by atoms with Gasteiger partial charge in [-0.25, -0.2) is 4.79 Å². The number of urea groups is 1. The number of hydrogen-bond donors (Lipinski definition) is 1. The summed E-state index contributed by atoms with van der Waals surface area (Å²) in [6.07, 6.45) is 6.88. The number of nitrogens with zero attached hydrogens (tertiary/aromatic N) is 2. The lowest BCUT2D eigenvalue weighted by atomic mass is 9.83. The summed E-state index contributed by atoms with van der Waals surface area (Å²) >= 11 is 0. The monoisotopic (exact) mass is 357 g/mol. The van der Waals surface area contributed by atoms with Crippen LogP contribution in [0, 0.1) is 0 Å². The highest BCUT2D eigenvalue weighted by molar-refractivity contribution is 5.76. The average Bonchev–Trinajstić information content (AvgIpc) is 3.00. The maximum atomic E-state index is 12.6. The van der Waals surface area contributed by atoms with Crippen LogP contribution in [0.25, 0.3) is 0 Å². The van der Waals surface area contributed by atoms with Gasteiger partial charge in [-0.1, -0.05) is 30.3 Å². The maximum absolute atomic E-state index is 12.6. The molecule has 1 aromatic rings. The maximum Gasteiger partial charge on any atom is 0.320 e. The number of amides is 2. The van der Waals surface area contributed by atoms with Crippen molar-refractivity contribution in [2.24, 2.45) is 5.73 Å². The van der Waals surface area contributed by atoms with E-state index in [-0.39, 0.29) is 18.1 Å². The third kappa shape index (κ3) is 3.74. The molecule has 1 saturated carbocycles. The zero-order valence-electron chi connectivity index (χ0n) is 15.6. The largest absolute Gasteiger partial charge is 0.376 e. The first kappa shape index (κ1) is 17.8. The first-order valence-corrected chi connectivity index (χ1v) is 10.2. The first-order chi connectivity index (χ1) is 12.7. The van der Waals surface area contributed by atoms with Gasteiger partial charge in [-0.05, 0) is 50.0 Å². The van der Waals surface area contributed by atoms with Crippen molar-refractivity contribution >= 4 is 6.03 Å². The molecule has 2 atom stereocenters. The van der Waals surface area contributed by atoms with Crippen molar-refractivity contribution < 1.29 is 9.53 Å². The summed E-state index contributed by atoms with van der Waals surface area (Å²) in [5, 5.41) is 0. The minimum atomic E-state index is 0.0370. The predicted molar refractivity (Wildman–Crippen MR) is 102 cm³/mol. The van der Waals surface area contributed by atoms with Crippen molar-refractivity contribution in [1.82, 2.24) is 9.80 Å². The van der Waals surface area contributed by atoms with Crippen LogP contribution in [0.2, 0.25) is 0 Å². The van der Waals surface area contributed by atoms with Gasteiger partial charge < -0.3 is 20.3 Å². The summed E-state index contributed by atoms with van der Waals surface area (Å²) in [7, 11) is 0. The molecule has 0 radical (unpaired) electrons. The van der Waals surface area contributed by atoms with Crippen LogP contribution in [0.5, 0.6) is 0 Å². The van der Waals surface area contributed by atoms with Crippen molar-refractivity contribution in [3.8, 4) is 0 Å². The van der Waals surface area contributed by atoms with Crippen molar-refractivity contribution in [3.05, 3.63) is 35.9 Å². The summed E-state index contributed by atoms with van der Waals surface area (Å²) in [5.74, 6) is 0.661. The van der Waals surface area contributed by atoms with E-state index in [1.807, 2.05) is 9.80 Å². The molecule has 26 heavy (non-hydrogen) atoms. The molecule has 0 bridgehead atoms. The van der Waals surface area contributed by atoms with Crippen molar-refractivity contribution in [2.45, 2.75) is 62.6 Å². The van der Waals surface area contributed by atoms with Crippen LogP contribution in [0.1, 0.15) is 50.0 Å². The second-order valence-electron chi connectivity index (χ2n) is 8.05. The van der Waals surface area contributed by atoms with E-state index in [4.69, 9.17) is 10.5 Å². The Kier molecular flexibility index (Phi) is 5.46. The van der Waals surface area contributed by atoms with Crippen LogP contribution < -0.4 is 5.73 Å². The summed E-state index contributed by atoms with van der Waals surface area (Å²) in [5.41, 5.74) is 7.74. The molecule has 142 valence electrons. The molecule has 5 nitrogen and oxygen atoms in total. The van der Waals surface area contributed by atoms with Gasteiger partial charge in [-0.3, -0.25) is 0 Å². The summed E-state index contributed by atoms with van der Waals surface area (Å²) in [4.78, 5) is 16.5. The van der Waals surface area contributed by atoms with Gasteiger partial charge in [0.15, 0.2) is 0 Å². The molecule has 2 aliphatic heterocycles. The highest BCUT2D eigenvalue weighted by Crippen LogP contribution is 2.34. The van der Waals surface area contributed by atoms with E-state index in [0.717, 1.165) is 45.3 Å². The molecule has 2 amide bonds. The summed E-state index contributed by atoms with van der Waals surface area (Å²) in [6.45, 7) is 3.13. The van der Waals surface area contributed by atoms with Gasteiger partial charge in [0, 0.05) is 25.7 Å². The normalized spacial score (nSPS) is 31.7. The van der Waals surface area contributed by atoms with Gasteiger partial charge in [-0.15, -0.1) is 0 Å². The molecule has 0 spiro atoms. The van der Waals surface area contributed by atoms with Crippen LogP contribution in [0.3, 0.4) is 0 Å². The van der Waals surface area contributed by atoms with Crippen LogP contribution in [0.4, 0.5) is 4.79 Å². The second kappa shape index (κ2) is 7.97. The van der Waals surface area contributed by atoms with Crippen LogP contribution >= 0.6 is 0 Å². The minimum Gasteiger partial charge on any atom is -0.376 e. The van der Waals surface area contributed by atoms with Crippen molar-refractivity contribution in [3.63, 3.8) is 0 Å². The zero-order valence-corrected chi connectivity index (χ0v) is 15.6. The molecule has 2 unspecified atom stereocenters. The van der Waals surface area contributed by atoms with Crippen LogP contribution in [-0.4, -0.2) is 60.3 Å². The number of benzene rings is 1. The molecule has 2 saturated heterocycles.